The van der Waals surface area contributed by atoms with Crippen molar-refractivity contribution < 1.29 is 14.7 Å². The summed E-state index contributed by atoms with van der Waals surface area (Å²) in [5.41, 5.74) is 6.56. The minimum Gasteiger partial charge on any atom is -0.481 e. The first-order valence-corrected chi connectivity index (χ1v) is 6.08. The van der Waals surface area contributed by atoms with Gasteiger partial charge in [-0.2, -0.15) is 0 Å². The number of para-hydroxylation sites is 1. The van der Waals surface area contributed by atoms with Crippen LogP contribution < -0.4 is 11.1 Å². The van der Waals surface area contributed by atoms with Gasteiger partial charge < -0.3 is 16.2 Å². The standard InChI is InChI=1S/C14H20N2O3/c1-14(2,3)12(15)13(19)16-10-7-5-4-6-9(10)8-11(17)18/h4-7,12H,8,15H2,1-3H3,(H,16,19)(H,17,18)/t12-/m1/s1. The average Bonchev–Trinajstić information content (AvgIpc) is 2.28. The van der Waals surface area contributed by atoms with E-state index >= 15 is 0 Å². The van der Waals surface area contributed by atoms with Crippen LogP contribution in [-0.4, -0.2) is 23.0 Å². The van der Waals surface area contributed by atoms with E-state index in [2.05, 4.69) is 5.32 Å². The Bertz CT molecular complexity index is 478. The number of amides is 1. The Morgan fingerprint density at radius 1 is 1.32 bits per heavy atom. The monoisotopic (exact) mass is 264 g/mol. The molecule has 0 aromatic heterocycles. The van der Waals surface area contributed by atoms with Gasteiger partial charge in [-0.05, 0) is 17.0 Å². The summed E-state index contributed by atoms with van der Waals surface area (Å²) in [6.45, 7) is 5.63. The number of hydrogen-bond acceptors (Lipinski definition) is 3. The van der Waals surface area contributed by atoms with E-state index < -0.39 is 12.0 Å². The largest absolute Gasteiger partial charge is 0.481 e. The first-order valence-electron chi connectivity index (χ1n) is 6.08. The Labute approximate surface area is 112 Å². The molecule has 0 aliphatic rings. The zero-order valence-electron chi connectivity index (χ0n) is 11.4. The number of carboxylic acid groups (broad SMARTS) is 1. The molecule has 0 aliphatic carbocycles. The summed E-state index contributed by atoms with van der Waals surface area (Å²) in [4.78, 5) is 22.8. The van der Waals surface area contributed by atoms with E-state index in [1.165, 1.54) is 0 Å². The molecule has 4 N–H and O–H groups in total. The smallest absolute Gasteiger partial charge is 0.307 e. The van der Waals surface area contributed by atoms with Crippen molar-refractivity contribution in [3.05, 3.63) is 29.8 Å². The van der Waals surface area contributed by atoms with Crippen LogP contribution in [0.3, 0.4) is 0 Å². The van der Waals surface area contributed by atoms with E-state index in [0.29, 0.717) is 11.3 Å². The van der Waals surface area contributed by atoms with Gasteiger partial charge in [-0.25, -0.2) is 0 Å². The maximum absolute atomic E-state index is 12.0. The Morgan fingerprint density at radius 3 is 2.42 bits per heavy atom. The maximum atomic E-state index is 12.0. The van der Waals surface area contributed by atoms with Crippen molar-refractivity contribution >= 4 is 17.6 Å². The van der Waals surface area contributed by atoms with Crippen molar-refractivity contribution in [1.82, 2.24) is 0 Å². The predicted molar refractivity (Wildman–Crippen MR) is 73.8 cm³/mol. The summed E-state index contributed by atoms with van der Waals surface area (Å²) >= 11 is 0. The van der Waals surface area contributed by atoms with Gasteiger partial charge in [-0.3, -0.25) is 9.59 Å². The molecule has 1 atom stereocenters. The lowest BCUT2D eigenvalue weighted by atomic mass is 9.87. The number of carboxylic acids is 1. The van der Waals surface area contributed by atoms with Crippen LogP contribution in [0.2, 0.25) is 0 Å². The molecule has 0 spiro atoms. The van der Waals surface area contributed by atoms with Gasteiger partial charge in [-0.1, -0.05) is 39.0 Å². The van der Waals surface area contributed by atoms with Crippen molar-refractivity contribution in [2.75, 3.05) is 5.32 Å². The first kappa shape index (κ1) is 15.2. The number of anilines is 1. The predicted octanol–water partition coefficient (Wildman–Crippen LogP) is 1.63. The number of carbonyl (C=O) groups is 2. The van der Waals surface area contributed by atoms with E-state index in [4.69, 9.17) is 10.8 Å². The van der Waals surface area contributed by atoms with Crippen molar-refractivity contribution in [3.8, 4) is 0 Å². The van der Waals surface area contributed by atoms with Crippen LogP contribution in [-0.2, 0) is 16.0 Å². The van der Waals surface area contributed by atoms with Crippen LogP contribution in [0.5, 0.6) is 0 Å². The molecule has 5 heteroatoms. The summed E-state index contributed by atoms with van der Waals surface area (Å²) in [6.07, 6.45) is -0.138. The maximum Gasteiger partial charge on any atom is 0.307 e. The molecule has 0 saturated heterocycles. The van der Waals surface area contributed by atoms with E-state index in [1.807, 2.05) is 20.8 Å². The summed E-state index contributed by atoms with van der Waals surface area (Å²) in [5, 5.41) is 11.5. The van der Waals surface area contributed by atoms with Gasteiger partial charge in [0.2, 0.25) is 5.91 Å². The number of nitrogens with two attached hydrogens (primary N) is 1. The number of nitrogens with one attached hydrogen (secondary N) is 1. The molecule has 1 rings (SSSR count). The van der Waals surface area contributed by atoms with Crippen LogP contribution in [0.25, 0.3) is 0 Å². The lowest BCUT2D eigenvalue weighted by Crippen LogP contribution is -2.45. The van der Waals surface area contributed by atoms with Crippen molar-refractivity contribution in [3.63, 3.8) is 0 Å². The van der Waals surface area contributed by atoms with E-state index in [9.17, 15) is 9.59 Å². The Hall–Kier alpha value is -1.88. The normalized spacial score (nSPS) is 12.8. The topological polar surface area (TPSA) is 92.4 Å². The number of carbonyl (C=O) groups excluding carboxylic acids is 1. The number of rotatable bonds is 4. The second-order valence-corrected chi connectivity index (χ2v) is 5.56. The fourth-order valence-corrected chi connectivity index (χ4v) is 1.56. The molecule has 1 aromatic carbocycles. The highest BCUT2D eigenvalue weighted by Crippen LogP contribution is 2.21. The molecular weight excluding hydrogens is 244 g/mol. The third kappa shape index (κ3) is 4.37. The SMILES string of the molecule is CC(C)(C)[C@H](N)C(=O)Nc1ccccc1CC(=O)O. The summed E-state index contributed by atoms with van der Waals surface area (Å²) < 4.78 is 0. The lowest BCUT2D eigenvalue weighted by Gasteiger charge is -2.26. The summed E-state index contributed by atoms with van der Waals surface area (Å²) in [7, 11) is 0. The van der Waals surface area contributed by atoms with Crippen LogP contribution in [0.4, 0.5) is 5.69 Å². The molecular formula is C14H20N2O3. The second-order valence-electron chi connectivity index (χ2n) is 5.56. The third-order valence-corrected chi connectivity index (χ3v) is 2.83. The number of aliphatic carboxylic acids is 1. The molecule has 0 heterocycles. The van der Waals surface area contributed by atoms with Crippen LogP contribution in [0.1, 0.15) is 26.3 Å². The van der Waals surface area contributed by atoms with Crippen LogP contribution >= 0.6 is 0 Å². The minimum atomic E-state index is -0.943. The Morgan fingerprint density at radius 2 is 1.89 bits per heavy atom. The van der Waals surface area contributed by atoms with Gasteiger partial charge >= 0.3 is 5.97 Å². The van der Waals surface area contributed by atoms with E-state index in [0.717, 1.165) is 0 Å². The molecule has 1 aromatic rings. The molecule has 5 nitrogen and oxygen atoms in total. The highest BCUT2D eigenvalue weighted by Gasteiger charge is 2.27. The molecule has 19 heavy (non-hydrogen) atoms. The van der Waals surface area contributed by atoms with Gasteiger partial charge in [0.05, 0.1) is 12.5 Å². The molecule has 0 bridgehead atoms. The second kappa shape index (κ2) is 5.84. The number of hydrogen-bond donors (Lipinski definition) is 3. The lowest BCUT2D eigenvalue weighted by molar-refractivity contribution is -0.136. The molecule has 1 amide bonds. The van der Waals surface area contributed by atoms with Gasteiger partial charge in [0.15, 0.2) is 0 Å². The minimum absolute atomic E-state index is 0.138. The molecule has 0 unspecified atom stereocenters. The van der Waals surface area contributed by atoms with Crippen molar-refractivity contribution in [2.24, 2.45) is 11.1 Å². The average molecular weight is 264 g/mol. The van der Waals surface area contributed by atoms with Crippen molar-refractivity contribution in [1.29, 1.82) is 0 Å². The zero-order valence-corrected chi connectivity index (χ0v) is 11.4. The molecule has 0 fully saturated rings. The quantitative estimate of drug-likeness (QED) is 0.770. The fraction of sp³-hybridized carbons (Fsp3) is 0.429. The van der Waals surface area contributed by atoms with Crippen molar-refractivity contribution in [2.45, 2.75) is 33.2 Å². The number of benzene rings is 1. The molecule has 0 aliphatic heterocycles. The molecule has 104 valence electrons. The van der Waals surface area contributed by atoms with E-state index in [-0.39, 0.29) is 17.7 Å². The Balaban J connectivity index is 2.88. The highest BCUT2D eigenvalue weighted by atomic mass is 16.4. The first-order chi connectivity index (χ1) is 8.71. The van der Waals surface area contributed by atoms with Crippen LogP contribution in [0, 0.1) is 5.41 Å². The van der Waals surface area contributed by atoms with Gasteiger partial charge in [0.25, 0.3) is 0 Å². The Kier molecular flexibility index (Phi) is 4.67. The van der Waals surface area contributed by atoms with Gasteiger partial charge in [-0.15, -0.1) is 0 Å². The fourth-order valence-electron chi connectivity index (χ4n) is 1.56. The highest BCUT2D eigenvalue weighted by molar-refractivity contribution is 5.96. The summed E-state index contributed by atoms with van der Waals surface area (Å²) in [5.74, 6) is -1.26. The van der Waals surface area contributed by atoms with Gasteiger partial charge in [0, 0.05) is 5.69 Å². The molecule has 0 radical (unpaired) electrons. The van der Waals surface area contributed by atoms with Crippen LogP contribution in [0.15, 0.2) is 24.3 Å². The molecule has 0 saturated carbocycles. The van der Waals surface area contributed by atoms with Gasteiger partial charge in [0.1, 0.15) is 0 Å². The summed E-state index contributed by atoms with van der Waals surface area (Å²) in [6, 6.07) is 6.16. The van der Waals surface area contributed by atoms with E-state index in [1.54, 1.807) is 24.3 Å². The third-order valence-electron chi connectivity index (χ3n) is 2.83. The zero-order chi connectivity index (χ0) is 14.6.